The molecule has 0 aromatic rings. The first-order chi connectivity index (χ1) is 5.26. The first-order valence-electron chi connectivity index (χ1n) is 4.73. The SMILES string of the molecule is CC1CC(C)(C)N([O-])C(C)(C)C1. The maximum atomic E-state index is 11.8. The van der Waals surface area contributed by atoms with Crippen LogP contribution in [0.2, 0.25) is 0 Å². The van der Waals surface area contributed by atoms with Crippen molar-refractivity contribution in [1.29, 1.82) is 0 Å². The van der Waals surface area contributed by atoms with Crippen molar-refractivity contribution in [3.05, 3.63) is 5.21 Å². The van der Waals surface area contributed by atoms with Gasteiger partial charge in [-0.3, -0.25) is 0 Å². The van der Waals surface area contributed by atoms with Crippen LogP contribution in [-0.4, -0.2) is 16.1 Å². The number of rotatable bonds is 0. The molecule has 1 aliphatic rings. The lowest BCUT2D eigenvalue weighted by molar-refractivity contribution is -0.00624. The van der Waals surface area contributed by atoms with E-state index in [1.54, 1.807) is 0 Å². The second-order valence-electron chi connectivity index (χ2n) is 5.43. The van der Waals surface area contributed by atoms with Gasteiger partial charge in [-0.05, 0) is 46.5 Å². The Morgan fingerprint density at radius 1 is 1.08 bits per heavy atom. The molecular weight excluding hydrogens is 150 g/mol. The highest BCUT2D eigenvalue weighted by Gasteiger charge is 2.38. The minimum Gasteiger partial charge on any atom is -0.784 e. The first-order valence-corrected chi connectivity index (χ1v) is 4.73. The Balaban J connectivity index is 2.84. The van der Waals surface area contributed by atoms with Crippen molar-refractivity contribution in [3.8, 4) is 0 Å². The van der Waals surface area contributed by atoms with Crippen LogP contribution in [0.15, 0.2) is 0 Å². The lowest BCUT2D eigenvalue weighted by Gasteiger charge is -2.59. The fourth-order valence-corrected chi connectivity index (χ4v) is 2.76. The van der Waals surface area contributed by atoms with Gasteiger partial charge in [0.2, 0.25) is 0 Å². The molecule has 0 unspecified atom stereocenters. The van der Waals surface area contributed by atoms with Crippen LogP contribution in [0.1, 0.15) is 47.5 Å². The van der Waals surface area contributed by atoms with Crippen molar-refractivity contribution in [2.75, 3.05) is 0 Å². The maximum absolute atomic E-state index is 11.8. The highest BCUT2D eigenvalue weighted by molar-refractivity contribution is 4.99. The molecule has 0 saturated carbocycles. The van der Waals surface area contributed by atoms with Crippen LogP contribution in [-0.2, 0) is 0 Å². The molecule has 0 radical (unpaired) electrons. The molecule has 1 aliphatic heterocycles. The van der Waals surface area contributed by atoms with Crippen LogP contribution >= 0.6 is 0 Å². The molecule has 0 bridgehead atoms. The summed E-state index contributed by atoms with van der Waals surface area (Å²) >= 11 is 0. The molecular formula is C10H20NO-. The summed E-state index contributed by atoms with van der Waals surface area (Å²) in [5.74, 6) is 0.667. The zero-order chi connectivity index (χ0) is 9.57. The summed E-state index contributed by atoms with van der Waals surface area (Å²) < 4.78 is 0. The first kappa shape index (κ1) is 10.0. The van der Waals surface area contributed by atoms with E-state index in [0.29, 0.717) is 5.92 Å². The summed E-state index contributed by atoms with van der Waals surface area (Å²) in [5.41, 5.74) is -0.359. The number of hydrogen-bond donors (Lipinski definition) is 0. The molecule has 0 aliphatic carbocycles. The summed E-state index contributed by atoms with van der Waals surface area (Å²) in [4.78, 5) is 0. The average Bonchev–Trinajstić information content (AvgIpc) is 1.80. The number of hydrogen-bond acceptors (Lipinski definition) is 2. The summed E-state index contributed by atoms with van der Waals surface area (Å²) in [7, 11) is 0. The van der Waals surface area contributed by atoms with E-state index >= 15 is 0 Å². The predicted octanol–water partition coefficient (Wildman–Crippen LogP) is 2.77. The van der Waals surface area contributed by atoms with Crippen molar-refractivity contribution in [2.24, 2.45) is 5.92 Å². The monoisotopic (exact) mass is 170 g/mol. The van der Waals surface area contributed by atoms with E-state index in [2.05, 4.69) is 6.92 Å². The van der Waals surface area contributed by atoms with Gasteiger partial charge in [0, 0.05) is 11.1 Å². The number of nitrogens with zero attached hydrogens (tertiary/aromatic N) is 1. The lowest BCUT2D eigenvalue weighted by Crippen LogP contribution is -2.57. The molecule has 0 aromatic carbocycles. The lowest BCUT2D eigenvalue weighted by atomic mass is 9.76. The second-order valence-corrected chi connectivity index (χ2v) is 5.43. The summed E-state index contributed by atoms with van der Waals surface area (Å²) in [5, 5.41) is 13.1. The summed E-state index contributed by atoms with van der Waals surface area (Å²) in [6.07, 6.45) is 2.03. The predicted molar refractivity (Wildman–Crippen MR) is 51.8 cm³/mol. The van der Waals surface area contributed by atoms with Gasteiger partial charge in [-0.15, -0.1) is 0 Å². The largest absolute Gasteiger partial charge is 0.784 e. The van der Waals surface area contributed by atoms with Gasteiger partial charge >= 0.3 is 0 Å². The molecule has 0 N–H and O–H groups in total. The van der Waals surface area contributed by atoms with Crippen molar-refractivity contribution in [1.82, 2.24) is 5.06 Å². The highest BCUT2D eigenvalue weighted by atomic mass is 16.5. The Morgan fingerprint density at radius 3 is 1.75 bits per heavy atom. The van der Waals surface area contributed by atoms with E-state index in [9.17, 15) is 5.21 Å². The Kier molecular flexibility index (Phi) is 2.26. The Bertz CT molecular complexity index is 157. The highest BCUT2D eigenvalue weighted by Crippen LogP contribution is 2.39. The van der Waals surface area contributed by atoms with Gasteiger partial charge in [0.05, 0.1) is 0 Å². The van der Waals surface area contributed by atoms with Gasteiger partial charge < -0.3 is 10.3 Å². The van der Waals surface area contributed by atoms with Crippen LogP contribution in [0, 0.1) is 11.1 Å². The summed E-state index contributed by atoms with van der Waals surface area (Å²) in [6.45, 7) is 10.4. The molecule has 1 heterocycles. The Morgan fingerprint density at radius 2 is 1.42 bits per heavy atom. The van der Waals surface area contributed by atoms with Gasteiger partial charge in [0.25, 0.3) is 0 Å². The molecule has 0 aromatic heterocycles. The summed E-state index contributed by atoms with van der Waals surface area (Å²) in [6, 6.07) is 0. The topological polar surface area (TPSA) is 26.3 Å². The minimum absolute atomic E-state index is 0.179. The third-order valence-corrected chi connectivity index (χ3v) is 2.80. The van der Waals surface area contributed by atoms with Gasteiger partial charge in [-0.25, -0.2) is 0 Å². The van der Waals surface area contributed by atoms with Gasteiger partial charge in [0.1, 0.15) is 0 Å². The van der Waals surface area contributed by atoms with E-state index in [1.807, 2.05) is 27.7 Å². The fourth-order valence-electron chi connectivity index (χ4n) is 2.76. The normalized spacial score (nSPS) is 30.5. The van der Waals surface area contributed by atoms with E-state index in [1.165, 1.54) is 5.06 Å². The molecule has 1 fully saturated rings. The molecule has 12 heavy (non-hydrogen) atoms. The van der Waals surface area contributed by atoms with Crippen molar-refractivity contribution < 1.29 is 0 Å². The van der Waals surface area contributed by atoms with E-state index in [0.717, 1.165) is 12.8 Å². The van der Waals surface area contributed by atoms with E-state index < -0.39 is 0 Å². The quantitative estimate of drug-likeness (QED) is 0.558. The van der Waals surface area contributed by atoms with E-state index in [4.69, 9.17) is 0 Å². The zero-order valence-electron chi connectivity index (χ0n) is 8.85. The number of hydroxylamine groups is 2. The van der Waals surface area contributed by atoms with Crippen molar-refractivity contribution in [3.63, 3.8) is 0 Å². The molecule has 0 atom stereocenters. The van der Waals surface area contributed by atoms with Crippen LogP contribution in [0.3, 0.4) is 0 Å². The number of piperidine rings is 1. The maximum Gasteiger partial charge on any atom is 0.00394 e. The van der Waals surface area contributed by atoms with Crippen LogP contribution in [0.4, 0.5) is 0 Å². The fraction of sp³-hybridized carbons (Fsp3) is 1.00. The third-order valence-electron chi connectivity index (χ3n) is 2.80. The van der Waals surface area contributed by atoms with E-state index in [-0.39, 0.29) is 11.1 Å². The molecule has 1 rings (SSSR count). The zero-order valence-corrected chi connectivity index (χ0v) is 8.85. The van der Waals surface area contributed by atoms with Crippen LogP contribution < -0.4 is 0 Å². The third kappa shape index (κ3) is 1.64. The van der Waals surface area contributed by atoms with Crippen LogP contribution in [0.25, 0.3) is 0 Å². The Labute approximate surface area is 75.5 Å². The molecule has 2 heteroatoms. The van der Waals surface area contributed by atoms with Crippen molar-refractivity contribution >= 4 is 0 Å². The van der Waals surface area contributed by atoms with Gasteiger partial charge in [0.15, 0.2) is 0 Å². The smallest absolute Gasteiger partial charge is 0.00394 e. The van der Waals surface area contributed by atoms with Crippen LogP contribution in [0.5, 0.6) is 0 Å². The minimum atomic E-state index is -0.179. The molecule has 1 saturated heterocycles. The van der Waals surface area contributed by atoms with Gasteiger partial charge in [-0.1, -0.05) is 6.92 Å². The van der Waals surface area contributed by atoms with Crippen molar-refractivity contribution in [2.45, 2.75) is 58.5 Å². The molecule has 72 valence electrons. The molecule has 0 amide bonds. The Hall–Kier alpha value is -0.0800. The molecule has 2 nitrogen and oxygen atoms in total. The molecule has 0 spiro atoms. The van der Waals surface area contributed by atoms with Gasteiger partial charge in [-0.2, -0.15) is 0 Å². The average molecular weight is 170 g/mol. The second kappa shape index (κ2) is 2.71. The standard InChI is InChI=1S/C10H20NO/c1-8-6-9(2,3)11(12)10(4,5)7-8/h8H,6-7H2,1-5H3/q-1.